The third-order valence-corrected chi connectivity index (χ3v) is 1.79. The largest absolute Gasteiger partial charge is 0.411 e. The average molecular weight is 180 g/mol. The van der Waals surface area contributed by atoms with Gasteiger partial charge in [0.1, 0.15) is 0 Å². The van der Waals surface area contributed by atoms with E-state index in [1.807, 2.05) is 4.90 Å². The van der Waals surface area contributed by atoms with Crippen molar-refractivity contribution in [3.05, 3.63) is 0 Å². The van der Waals surface area contributed by atoms with Crippen molar-refractivity contribution in [2.24, 2.45) is 0 Å². The monoisotopic (exact) mass is 180 g/mol. The third-order valence-electron chi connectivity index (χ3n) is 1.27. The summed E-state index contributed by atoms with van der Waals surface area (Å²) in [6.07, 6.45) is 0. The number of rotatable bonds is 0. The van der Waals surface area contributed by atoms with Crippen LogP contribution >= 0.6 is 12.2 Å². The molecule has 0 aromatic carbocycles. The van der Waals surface area contributed by atoms with Crippen molar-refractivity contribution in [2.45, 2.75) is 0 Å². The van der Waals surface area contributed by atoms with Gasteiger partial charge in [0.25, 0.3) is 0 Å². The Bertz CT molecular complexity index is 114. The minimum Gasteiger partial charge on any atom is -0.411 e. The minimum atomic E-state index is 0. The maximum absolute atomic E-state index is 5.10. The summed E-state index contributed by atoms with van der Waals surface area (Å²) < 4.78 is 5.67. The predicted octanol–water partition coefficient (Wildman–Crippen LogP) is 0.527. The molecule has 0 amide bonds. The molecule has 0 bridgehead atoms. The highest BCUT2D eigenvalue weighted by Gasteiger charge is 2.05. The molecule has 10 heavy (non-hydrogen) atoms. The van der Waals surface area contributed by atoms with Gasteiger partial charge in [-0.1, -0.05) is 4.32 Å². The van der Waals surface area contributed by atoms with Crippen LogP contribution in [0.3, 0.4) is 0 Å². The normalized spacial score (nSPS) is 17.8. The summed E-state index contributed by atoms with van der Waals surface area (Å²) in [5.41, 5.74) is 0. The van der Waals surface area contributed by atoms with Crippen molar-refractivity contribution >= 4 is 29.2 Å². The van der Waals surface area contributed by atoms with E-state index in [2.05, 4.69) is 0 Å². The predicted molar refractivity (Wildman–Crippen MR) is 48.3 cm³/mol. The second-order valence-electron chi connectivity index (χ2n) is 1.87. The van der Waals surface area contributed by atoms with E-state index in [9.17, 15) is 0 Å². The number of quaternary nitrogens is 1. The summed E-state index contributed by atoms with van der Waals surface area (Å²) in [4.78, 5) is 1.98. The summed E-state index contributed by atoms with van der Waals surface area (Å²) in [5, 5.41) is 0. The van der Waals surface area contributed by atoms with E-state index in [1.165, 1.54) is 0 Å². The van der Waals surface area contributed by atoms with Crippen molar-refractivity contribution < 1.29 is 4.74 Å². The van der Waals surface area contributed by atoms with Crippen LogP contribution in [-0.2, 0) is 17.4 Å². The molecule has 1 saturated heterocycles. The van der Waals surface area contributed by atoms with E-state index in [-0.39, 0.29) is 6.15 Å². The number of hydrogen-bond acceptors (Lipinski definition) is 3. The number of hydrogen-bond donors (Lipinski definition) is 1. The van der Waals surface area contributed by atoms with Gasteiger partial charge in [-0.15, -0.1) is 0 Å². The first-order valence-corrected chi connectivity index (χ1v) is 3.66. The molecule has 60 valence electrons. The fraction of sp³-hybridized carbons (Fsp3) is 0.800. The molecule has 0 atom stereocenters. The standard InChI is InChI=1S/C5H9NOS2.H3N/c8-5(9)6-1-3-7-4-2-6;/h1-4H2,(H,8,9);1H3. The van der Waals surface area contributed by atoms with Gasteiger partial charge < -0.3 is 40.6 Å². The van der Waals surface area contributed by atoms with E-state index in [1.54, 1.807) is 0 Å². The van der Waals surface area contributed by atoms with Gasteiger partial charge in [-0.25, -0.2) is 0 Å². The molecule has 0 aromatic rings. The Kier molecular flexibility index (Phi) is 4.80. The molecule has 0 spiro atoms. The van der Waals surface area contributed by atoms with Gasteiger partial charge in [-0.2, -0.15) is 0 Å². The molecule has 0 aromatic heterocycles. The average Bonchev–Trinajstić information content (AvgIpc) is 1.90. The Hall–Kier alpha value is 0.0300. The smallest absolute Gasteiger partial charge is 0.0641 e. The van der Waals surface area contributed by atoms with Crippen molar-refractivity contribution in [1.82, 2.24) is 11.1 Å². The number of thiocarbonyl (C=S) groups is 1. The minimum absolute atomic E-state index is 0. The highest BCUT2D eigenvalue weighted by Crippen LogP contribution is 1.96. The quantitative estimate of drug-likeness (QED) is 0.436. The Labute approximate surface area is 71.7 Å². The SMILES string of the molecule is S=C([S-])N1CCOCC1.[NH4+]. The fourth-order valence-electron chi connectivity index (χ4n) is 0.746. The molecule has 5 heteroatoms. The van der Waals surface area contributed by atoms with Crippen molar-refractivity contribution in [3.8, 4) is 0 Å². The van der Waals surface area contributed by atoms with Crippen LogP contribution in [0.15, 0.2) is 0 Å². The van der Waals surface area contributed by atoms with Gasteiger partial charge in [0.15, 0.2) is 0 Å². The van der Waals surface area contributed by atoms with Crippen molar-refractivity contribution in [1.29, 1.82) is 0 Å². The number of nitrogens with zero attached hydrogens (tertiary/aromatic N) is 1. The van der Waals surface area contributed by atoms with Crippen molar-refractivity contribution in [3.63, 3.8) is 0 Å². The van der Waals surface area contributed by atoms with E-state index < -0.39 is 0 Å². The maximum atomic E-state index is 5.10. The summed E-state index contributed by atoms with van der Waals surface area (Å²) in [6.45, 7) is 3.25. The van der Waals surface area contributed by atoms with Crippen LogP contribution in [0.2, 0.25) is 0 Å². The van der Waals surface area contributed by atoms with E-state index in [0.717, 1.165) is 26.3 Å². The van der Waals surface area contributed by atoms with E-state index in [4.69, 9.17) is 29.6 Å². The molecule has 1 rings (SSSR count). The Morgan fingerprint density at radius 1 is 1.40 bits per heavy atom. The molecular weight excluding hydrogens is 168 g/mol. The number of morpholine rings is 1. The molecule has 0 aliphatic carbocycles. The Balaban J connectivity index is 0.000000810. The van der Waals surface area contributed by atoms with Gasteiger partial charge in [0, 0.05) is 13.1 Å². The number of ether oxygens (including phenoxy) is 1. The second-order valence-corrected chi connectivity index (χ2v) is 2.90. The van der Waals surface area contributed by atoms with Crippen LogP contribution in [0.1, 0.15) is 0 Å². The topological polar surface area (TPSA) is 49.0 Å². The molecule has 1 heterocycles. The lowest BCUT2D eigenvalue weighted by atomic mass is 10.5. The molecule has 4 N–H and O–H groups in total. The molecule has 1 fully saturated rings. The van der Waals surface area contributed by atoms with Gasteiger partial charge in [0.2, 0.25) is 0 Å². The Morgan fingerprint density at radius 2 is 1.90 bits per heavy atom. The van der Waals surface area contributed by atoms with Crippen molar-refractivity contribution in [2.75, 3.05) is 26.3 Å². The summed E-state index contributed by atoms with van der Waals surface area (Å²) in [6, 6.07) is 0. The molecule has 0 unspecified atom stereocenters. The Morgan fingerprint density at radius 3 is 2.20 bits per heavy atom. The maximum Gasteiger partial charge on any atom is 0.0641 e. The molecule has 3 nitrogen and oxygen atoms in total. The van der Waals surface area contributed by atoms with Gasteiger partial charge in [-0.05, 0) is 0 Å². The lowest BCUT2D eigenvalue weighted by Gasteiger charge is -2.31. The summed E-state index contributed by atoms with van der Waals surface area (Å²) in [7, 11) is 0. The molecule has 1 aliphatic heterocycles. The fourth-order valence-corrected chi connectivity index (χ4v) is 1.11. The zero-order valence-corrected chi connectivity index (χ0v) is 7.63. The van der Waals surface area contributed by atoms with Gasteiger partial charge >= 0.3 is 0 Å². The van der Waals surface area contributed by atoms with E-state index in [0.29, 0.717) is 4.32 Å². The zero-order chi connectivity index (χ0) is 6.69. The van der Waals surface area contributed by atoms with Crippen LogP contribution in [0.25, 0.3) is 0 Å². The van der Waals surface area contributed by atoms with Crippen LogP contribution < -0.4 is 6.15 Å². The molecular formula is C5H12N2OS2. The first kappa shape index (κ1) is 10.0. The van der Waals surface area contributed by atoms with Crippen LogP contribution in [0, 0.1) is 0 Å². The van der Waals surface area contributed by atoms with Gasteiger partial charge in [0.05, 0.1) is 13.2 Å². The highest BCUT2D eigenvalue weighted by atomic mass is 32.1. The van der Waals surface area contributed by atoms with Crippen LogP contribution in [0.5, 0.6) is 0 Å². The molecule has 1 aliphatic rings. The molecule has 0 saturated carbocycles. The lowest BCUT2D eigenvalue weighted by molar-refractivity contribution is 0.0703. The van der Waals surface area contributed by atoms with E-state index >= 15 is 0 Å². The van der Waals surface area contributed by atoms with Crippen LogP contribution in [0.4, 0.5) is 0 Å². The first-order chi connectivity index (χ1) is 4.30. The highest BCUT2D eigenvalue weighted by molar-refractivity contribution is 8.00. The summed E-state index contributed by atoms with van der Waals surface area (Å²) >= 11 is 9.60. The first-order valence-electron chi connectivity index (χ1n) is 2.84. The molecule has 0 radical (unpaired) electrons. The third kappa shape index (κ3) is 2.74. The second kappa shape index (κ2) is 4.79. The summed E-state index contributed by atoms with van der Waals surface area (Å²) in [5.74, 6) is 0. The zero-order valence-electron chi connectivity index (χ0n) is 6.00. The van der Waals surface area contributed by atoms with Crippen LogP contribution in [-0.4, -0.2) is 35.5 Å². The lowest BCUT2D eigenvalue weighted by Crippen LogP contribution is -2.38. The van der Waals surface area contributed by atoms with Gasteiger partial charge in [-0.3, -0.25) is 0 Å².